The molecule has 1 aliphatic heterocycles. The Labute approximate surface area is 184 Å². The molecule has 5 rings (SSSR count). The van der Waals surface area contributed by atoms with Crippen molar-refractivity contribution in [3.05, 3.63) is 53.5 Å². The van der Waals surface area contributed by atoms with Crippen molar-refractivity contribution in [2.24, 2.45) is 5.73 Å². The zero-order valence-electron chi connectivity index (χ0n) is 16.3. The van der Waals surface area contributed by atoms with Gasteiger partial charge in [0.25, 0.3) is 5.91 Å². The molecular weight excluding hydrogens is 434 g/mol. The maximum absolute atomic E-state index is 12.9. The van der Waals surface area contributed by atoms with Crippen LogP contribution in [-0.2, 0) is 11.1 Å². The van der Waals surface area contributed by atoms with Crippen LogP contribution >= 0.6 is 11.3 Å². The summed E-state index contributed by atoms with van der Waals surface area (Å²) in [5, 5.41) is 4.84. The first-order chi connectivity index (χ1) is 15.0. The molecule has 2 aromatic heterocycles. The molecule has 0 radical (unpaired) electrons. The molecule has 1 saturated heterocycles. The number of fused-ring (bicyclic) bond motifs is 3. The summed E-state index contributed by atoms with van der Waals surface area (Å²) in [5.74, 6) is 0.369. The van der Waals surface area contributed by atoms with E-state index >= 15 is 0 Å². The minimum Gasteiger partial charge on any atom is -0.336 e. The van der Waals surface area contributed by atoms with Gasteiger partial charge in [-0.25, -0.2) is 14.2 Å². The number of carbonyl (C=O) groups excluding carboxylic acids is 1. The number of amides is 1. The van der Waals surface area contributed by atoms with Crippen molar-refractivity contribution < 1.29 is 13.6 Å². The summed E-state index contributed by atoms with van der Waals surface area (Å²) in [6.07, 6.45) is 2.55. The van der Waals surface area contributed by atoms with Crippen molar-refractivity contribution in [2.75, 3.05) is 18.4 Å². The van der Waals surface area contributed by atoms with Gasteiger partial charge in [-0.1, -0.05) is 6.07 Å². The van der Waals surface area contributed by atoms with Crippen LogP contribution in [0.15, 0.2) is 53.6 Å². The molecule has 2 aromatic carbocycles. The fraction of sp³-hybridized carbons (Fsp3) is 0.190. The van der Waals surface area contributed by atoms with Gasteiger partial charge < -0.3 is 20.5 Å². The summed E-state index contributed by atoms with van der Waals surface area (Å²) in [7, 11) is 0. The lowest BCUT2D eigenvalue weighted by Gasteiger charge is -2.13. The lowest BCUT2D eigenvalue weighted by molar-refractivity contribution is 0.0795. The Balaban J connectivity index is 1.50. The number of nitrogens with one attached hydrogen (secondary N) is 1. The highest BCUT2D eigenvalue weighted by Gasteiger charge is 2.26. The van der Waals surface area contributed by atoms with Crippen LogP contribution in [0.25, 0.3) is 21.0 Å². The molecule has 2 unspecified atom stereocenters. The van der Waals surface area contributed by atoms with Crippen molar-refractivity contribution in [3.8, 4) is 0 Å². The van der Waals surface area contributed by atoms with Gasteiger partial charge in [-0.3, -0.25) is 4.79 Å². The number of benzene rings is 2. The smallest absolute Gasteiger partial charge is 0.264 e. The number of hydrogen-bond donors (Lipinski definition) is 3. The Morgan fingerprint density at radius 3 is 2.94 bits per heavy atom. The third-order valence-corrected chi connectivity index (χ3v) is 7.01. The fourth-order valence-corrected chi connectivity index (χ4v) is 5.17. The van der Waals surface area contributed by atoms with Gasteiger partial charge in [-0.15, -0.1) is 11.3 Å². The van der Waals surface area contributed by atoms with Gasteiger partial charge in [-0.2, -0.15) is 0 Å². The Morgan fingerprint density at radius 2 is 2.16 bits per heavy atom. The highest BCUT2D eigenvalue weighted by molar-refractivity contribution is 7.79. The van der Waals surface area contributed by atoms with Crippen molar-refractivity contribution in [1.29, 1.82) is 0 Å². The molecule has 1 fully saturated rings. The molecule has 0 aliphatic carbocycles. The van der Waals surface area contributed by atoms with E-state index in [4.69, 9.17) is 5.73 Å². The summed E-state index contributed by atoms with van der Waals surface area (Å²) in [5.41, 5.74) is 7.30. The number of aromatic nitrogens is 2. The molecule has 10 heteroatoms. The van der Waals surface area contributed by atoms with Crippen LogP contribution in [0.3, 0.4) is 0 Å². The van der Waals surface area contributed by atoms with Crippen molar-refractivity contribution >= 4 is 60.9 Å². The zero-order chi connectivity index (χ0) is 21.5. The lowest BCUT2D eigenvalue weighted by Crippen LogP contribution is -2.31. The largest absolute Gasteiger partial charge is 0.336 e. The van der Waals surface area contributed by atoms with E-state index in [0.29, 0.717) is 29.6 Å². The van der Waals surface area contributed by atoms with Crippen LogP contribution < -0.4 is 11.1 Å². The van der Waals surface area contributed by atoms with Crippen LogP contribution in [0.2, 0.25) is 0 Å². The van der Waals surface area contributed by atoms with Gasteiger partial charge in [0, 0.05) is 46.5 Å². The van der Waals surface area contributed by atoms with E-state index in [9.17, 15) is 13.6 Å². The van der Waals surface area contributed by atoms with E-state index in [-0.39, 0.29) is 16.8 Å². The van der Waals surface area contributed by atoms with Crippen LogP contribution in [-0.4, -0.2) is 48.7 Å². The summed E-state index contributed by atoms with van der Waals surface area (Å²) in [4.78, 5) is 24.7. The molecule has 158 valence electrons. The number of anilines is 2. The van der Waals surface area contributed by atoms with Crippen LogP contribution in [0.4, 0.5) is 11.6 Å². The molecule has 0 bridgehead atoms. The second kappa shape index (κ2) is 7.97. The average molecular weight is 454 g/mol. The molecule has 0 saturated carbocycles. The normalized spacial score (nSPS) is 17.4. The maximum Gasteiger partial charge on any atom is 0.264 e. The molecule has 1 amide bonds. The fourth-order valence-electron chi connectivity index (χ4n) is 3.71. The minimum atomic E-state index is -2.07. The molecule has 1 aliphatic rings. The molecular formula is C21H19N5O3S2. The summed E-state index contributed by atoms with van der Waals surface area (Å²) >= 11 is -0.618. The van der Waals surface area contributed by atoms with E-state index in [1.807, 2.05) is 18.2 Å². The van der Waals surface area contributed by atoms with Gasteiger partial charge >= 0.3 is 0 Å². The molecule has 4 N–H and O–H groups in total. The molecule has 0 spiro atoms. The zero-order valence-corrected chi connectivity index (χ0v) is 17.9. The Kier molecular flexibility index (Phi) is 5.14. The third kappa shape index (κ3) is 3.90. The van der Waals surface area contributed by atoms with Crippen molar-refractivity contribution in [1.82, 2.24) is 14.9 Å². The molecule has 2 atom stereocenters. The maximum atomic E-state index is 12.9. The van der Waals surface area contributed by atoms with Crippen molar-refractivity contribution in [2.45, 2.75) is 17.4 Å². The standard InChI is InChI=1S/C21H19N5O3S2/c22-13-6-7-26(11-13)20(27)18-9-16-17(30-18)5-4-12-10-23-21(25-19(12)16)24-14-2-1-3-15(8-14)31(28)29/h1-5,8-10,13H,6-7,11,22H2,(H,28,29)(H,23,24,25). The van der Waals surface area contributed by atoms with E-state index in [1.54, 1.807) is 35.4 Å². The Bertz CT molecular complexity index is 1340. The van der Waals surface area contributed by atoms with Crippen molar-refractivity contribution in [3.63, 3.8) is 0 Å². The lowest BCUT2D eigenvalue weighted by atomic mass is 10.2. The van der Waals surface area contributed by atoms with E-state index < -0.39 is 11.1 Å². The van der Waals surface area contributed by atoms with E-state index in [2.05, 4.69) is 15.3 Å². The first kappa shape index (κ1) is 20.0. The SMILES string of the molecule is NC1CCN(C(=O)c2cc3c(ccc4cnc(Nc5cccc(S(=O)O)c5)nc43)s2)C1. The Hall–Kier alpha value is -2.92. The monoisotopic (exact) mass is 453 g/mol. The van der Waals surface area contributed by atoms with E-state index in [0.717, 1.165) is 27.4 Å². The third-order valence-electron chi connectivity index (χ3n) is 5.26. The van der Waals surface area contributed by atoms with Crippen LogP contribution in [0, 0.1) is 0 Å². The number of nitrogens with two attached hydrogens (primary N) is 1. The topological polar surface area (TPSA) is 121 Å². The van der Waals surface area contributed by atoms with Gasteiger partial charge in [-0.05, 0) is 42.8 Å². The summed E-state index contributed by atoms with van der Waals surface area (Å²) < 4.78 is 21.6. The van der Waals surface area contributed by atoms with Gasteiger partial charge in [0.2, 0.25) is 5.95 Å². The Morgan fingerprint density at radius 1 is 1.29 bits per heavy atom. The minimum absolute atomic E-state index is 0.00326. The first-order valence-corrected chi connectivity index (χ1v) is 11.6. The van der Waals surface area contributed by atoms with Gasteiger partial charge in [0.15, 0.2) is 11.1 Å². The van der Waals surface area contributed by atoms with E-state index in [1.165, 1.54) is 11.3 Å². The quantitative estimate of drug-likeness (QED) is 0.405. The number of hydrogen-bond acceptors (Lipinski definition) is 7. The molecule has 4 aromatic rings. The highest BCUT2D eigenvalue weighted by Crippen LogP contribution is 2.33. The molecule has 31 heavy (non-hydrogen) atoms. The number of likely N-dealkylation sites (tertiary alicyclic amines) is 1. The molecule has 3 heterocycles. The van der Waals surface area contributed by atoms with Crippen LogP contribution in [0.5, 0.6) is 0 Å². The second-order valence-electron chi connectivity index (χ2n) is 7.42. The highest BCUT2D eigenvalue weighted by atomic mass is 32.2. The van der Waals surface area contributed by atoms with Gasteiger partial charge in [0.1, 0.15) is 0 Å². The predicted molar refractivity (Wildman–Crippen MR) is 122 cm³/mol. The summed E-state index contributed by atoms with van der Waals surface area (Å²) in [6, 6.07) is 12.5. The van der Waals surface area contributed by atoms with Gasteiger partial charge in [0.05, 0.1) is 15.3 Å². The number of thiophene rings is 1. The average Bonchev–Trinajstić information content (AvgIpc) is 3.40. The predicted octanol–water partition coefficient (Wildman–Crippen LogP) is 3.34. The second-order valence-corrected chi connectivity index (χ2v) is 9.47. The number of rotatable bonds is 4. The number of carbonyl (C=O) groups is 1. The first-order valence-electron chi connectivity index (χ1n) is 9.70. The number of nitrogens with zero attached hydrogens (tertiary/aromatic N) is 3. The molecule has 8 nitrogen and oxygen atoms in total. The summed E-state index contributed by atoms with van der Waals surface area (Å²) in [6.45, 7) is 1.27. The van der Waals surface area contributed by atoms with Crippen LogP contribution in [0.1, 0.15) is 16.1 Å².